The number of hydrazone groups is 1. The van der Waals surface area contributed by atoms with E-state index in [2.05, 4.69) is 15.8 Å². The number of rotatable bonds is 4. The van der Waals surface area contributed by atoms with Gasteiger partial charge in [0.15, 0.2) is 5.11 Å². The van der Waals surface area contributed by atoms with Gasteiger partial charge in [-0.1, -0.05) is 29.8 Å². The highest BCUT2D eigenvalue weighted by molar-refractivity contribution is 7.80. The Bertz CT molecular complexity index is 722. The number of thiocarbonyl (C=S) groups is 1. The molecule has 0 heterocycles. The average molecular weight is 335 g/mol. The van der Waals surface area contributed by atoms with Crippen LogP contribution in [0.4, 0.5) is 11.4 Å². The van der Waals surface area contributed by atoms with Gasteiger partial charge >= 0.3 is 0 Å². The fourth-order valence-electron chi connectivity index (χ4n) is 1.58. The number of benzene rings is 2. The zero-order valence-electron chi connectivity index (χ0n) is 11.2. The van der Waals surface area contributed by atoms with Crippen LogP contribution in [-0.4, -0.2) is 16.3 Å². The molecule has 0 amide bonds. The smallest absolute Gasteiger partial charge is 0.270 e. The number of halogens is 1. The van der Waals surface area contributed by atoms with Gasteiger partial charge in [0.05, 0.1) is 11.1 Å². The quantitative estimate of drug-likeness (QED) is 0.387. The maximum Gasteiger partial charge on any atom is 0.270 e. The predicted molar refractivity (Wildman–Crippen MR) is 91.5 cm³/mol. The number of non-ortho nitro benzene ring substituents is 1. The van der Waals surface area contributed by atoms with Gasteiger partial charge in [-0.25, -0.2) is 0 Å². The van der Waals surface area contributed by atoms with E-state index in [1.54, 1.807) is 0 Å². The Balaban J connectivity index is 1.99. The van der Waals surface area contributed by atoms with E-state index in [1.165, 1.54) is 24.4 Å². The van der Waals surface area contributed by atoms with Crippen molar-refractivity contribution >= 4 is 46.5 Å². The third-order valence-corrected chi connectivity index (χ3v) is 3.13. The summed E-state index contributed by atoms with van der Waals surface area (Å²) in [6, 6.07) is 13.5. The molecule has 0 atom stereocenters. The summed E-state index contributed by atoms with van der Waals surface area (Å²) in [5, 5.41) is 18.2. The fraction of sp³-hybridized carbons (Fsp3) is 0. The van der Waals surface area contributed by atoms with Crippen molar-refractivity contribution in [2.75, 3.05) is 5.32 Å². The minimum absolute atomic E-state index is 0.0594. The van der Waals surface area contributed by atoms with Crippen molar-refractivity contribution < 1.29 is 4.92 Å². The molecule has 22 heavy (non-hydrogen) atoms. The van der Waals surface area contributed by atoms with Gasteiger partial charge < -0.3 is 5.32 Å². The lowest BCUT2D eigenvalue weighted by Crippen LogP contribution is -2.23. The Labute approximate surface area is 136 Å². The van der Waals surface area contributed by atoms with Crippen LogP contribution in [-0.2, 0) is 0 Å². The summed E-state index contributed by atoms with van der Waals surface area (Å²) in [5.41, 5.74) is 3.80. The molecular weight excluding hydrogens is 324 g/mol. The van der Waals surface area contributed by atoms with Crippen molar-refractivity contribution in [3.8, 4) is 0 Å². The SMILES string of the molecule is O=[N+]([O-])c1ccc(Cl)c(/C=N/NC(=S)Nc2ccccc2)c1. The lowest BCUT2D eigenvalue weighted by atomic mass is 10.2. The van der Waals surface area contributed by atoms with Crippen LogP contribution in [0.3, 0.4) is 0 Å². The molecule has 2 rings (SSSR count). The number of para-hydroxylation sites is 1. The number of hydrogen-bond donors (Lipinski definition) is 2. The lowest BCUT2D eigenvalue weighted by molar-refractivity contribution is -0.384. The van der Waals surface area contributed by atoms with Gasteiger partial charge in [-0.05, 0) is 30.4 Å². The number of nitro benzene ring substituents is 1. The van der Waals surface area contributed by atoms with Crippen LogP contribution in [0.2, 0.25) is 5.02 Å². The summed E-state index contributed by atoms with van der Waals surface area (Å²) in [6.45, 7) is 0. The maximum absolute atomic E-state index is 10.7. The van der Waals surface area contributed by atoms with E-state index in [-0.39, 0.29) is 5.69 Å². The van der Waals surface area contributed by atoms with Gasteiger partial charge in [0.2, 0.25) is 0 Å². The molecule has 6 nitrogen and oxygen atoms in total. The molecule has 0 saturated heterocycles. The summed E-state index contributed by atoms with van der Waals surface area (Å²) >= 11 is 11.0. The highest BCUT2D eigenvalue weighted by Gasteiger charge is 2.08. The standard InChI is InChI=1S/C14H11ClN4O2S/c15-13-7-6-12(19(20)21)8-10(13)9-16-18-14(22)17-11-4-2-1-3-5-11/h1-9H,(H2,17,18,22)/b16-9+. The molecule has 112 valence electrons. The van der Waals surface area contributed by atoms with Crippen molar-refractivity contribution in [1.29, 1.82) is 0 Å². The molecule has 0 spiro atoms. The molecule has 2 N–H and O–H groups in total. The molecule has 0 saturated carbocycles. The first-order valence-corrected chi connectivity index (χ1v) is 6.94. The molecule has 2 aromatic carbocycles. The first-order valence-electron chi connectivity index (χ1n) is 6.15. The molecule has 0 bridgehead atoms. The van der Waals surface area contributed by atoms with Crippen molar-refractivity contribution in [2.45, 2.75) is 0 Å². The van der Waals surface area contributed by atoms with E-state index < -0.39 is 4.92 Å². The summed E-state index contributed by atoms with van der Waals surface area (Å²) < 4.78 is 0. The first kappa shape index (κ1) is 15.9. The minimum Gasteiger partial charge on any atom is -0.331 e. The van der Waals surface area contributed by atoms with Crippen molar-refractivity contribution in [1.82, 2.24) is 5.43 Å². The largest absolute Gasteiger partial charge is 0.331 e. The Hall–Kier alpha value is -2.51. The van der Waals surface area contributed by atoms with Gasteiger partial charge in [0.25, 0.3) is 5.69 Å². The Morgan fingerprint density at radius 1 is 1.27 bits per heavy atom. The summed E-state index contributed by atoms with van der Waals surface area (Å²) in [5.74, 6) is 0. The second-order valence-electron chi connectivity index (χ2n) is 4.15. The number of anilines is 1. The minimum atomic E-state index is -0.497. The predicted octanol–water partition coefficient (Wildman–Crippen LogP) is 3.57. The molecule has 8 heteroatoms. The molecular formula is C14H11ClN4O2S. The highest BCUT2D eigenvalue weighted by Crippen LogP contribution is 2.20. The van der Waals surface area contributed by atoms with Crippen molar-refractivity contribution in [3.05, 3.63) is 69.2 Å². The Morgan fingerprint density at radius 3 is 2.68 bits per heavy atom. The monoisotopic (exact) mass is 334 g/mol. The summed E-state index contributed by atoms with van der Waals surface area (Å²) in [7, 11) is 0. The Kier molecular flexibility index (Phi) is 5.40. The van der Waals surface area contributed by atoms with Crippen LogP contribution < -0.4 is 10.7 Å². The number of hydrogen-bond acceptors (Lipinski definition) is 4. The normalized spacial score (nSPS) is 10.4. The number of nitrogens with one attached hydrogen (secondary N) is 2. The van der Waals surface area contributed by atoms with Gasteiger partial charge in [-0.2, -0.15) is 5.10 Å². The summed E-state index contributed by atoms with van der Waals surface area (Å²) in [4.78, 5) is 10.2. The van der Waals surface area contributed by atoms with E-state index in [1.807, 2.05) is 30.3 Å². The lowest BCUT2D eigenvalue weighted by Gasteiger charge is -2.06. The zero-order valence-corrected chi connectivity index (χ0v) is 12.8. The third-order valence-electron chi connectivity index (χ3n) is 2.59. The van der Waals surface area contributed by atoms with E-state index >= 15 is 0 Å². The van der Waals surface area contributed by atoms with Crippen LogP contribution in [0.1, 0.15) is 5.56 Å². The highest BCUT2D eigenvalue weighted by atomic mass is 35.5. The van der Waals surface area contributed by atoms with Gasteiger partial charge in [-0.15, -0.1) is 0 Å². The van der Waals surface area contributed by atoms with E-state index in [9.17, 15) is 10.1 Å². The first-order chi connectivity index (χ1) is 10.6. The van der Waals surface area contributed by atoms with Crippen molar-refractivity contribution in [3.63, 3.8) is 0 Å². The van der Waals surface area contributed by atoms with E-state index in [0.29, 0.717) is 15.7 Å². The molecule has 0 unspecified atom stereocenters. The van der Waals surface area contributed by atoms with Gasteiger partial charge in [-0.3, -0.25) is 15.5 Å². The van der Waals surface area contributed by atoms with E-state index in [0.717, 1.165) is 5.69 Å². The second kappa shape index (κ2) is 7.48. The second-order valence-corrected chi connectivity index (χ2v) is 4.97. The van der Waals surface area contributed by atoms with Crippen LogP contribution in [0.25, 0.3) is 0 Å². The Morgan fingerprint density at radius 2 is 2.00 bits per heavy atom. The molecule has 0 aliphatic rings. The fourth-order valence-corrected chi connectivity index (χ4v) is 1.92. The molecule has 0 aliphatic carbocycles. The van der Waals surface area contributed by atoms with Crippen LogP contribution >= 0.6 is 23.8 Å². The van der Waals surface area contributed by atoms with Crippen molar-refractivity contribution in [2.24, 2.45) is 5.10 Å². The van der Waals surface area contributed by atoms with Crippen LogP contribution in [0.5, 0.6) is 0 Å². The molecule has 0 aromatic heterocycles. The number of nitrogens with zero attached hydrogens (tertiary/aromatic N) is 2. The average Bonchev–Trinajstić information content (AvgIpc) is 2.50. The molecule has 2 aromatic rings. The summed E-state index contributed by atoms with van der Waals surface area (Å²) in [6.07, 6.45) is 1.37. The third kappa shape index (κ3) is 4.51. The zero-order chi connectivity index (χ0) is 15.9. The van der Waals surface area contributed by atoms with Crippen LogP contribution in [0.15, 0.2) is 53.6 Å². The number of nitro groups is 1. The van der Waals surface area contributed by atoms with Gasteiger partial charge in [0.1, 0.15) is 0 Å². The van der Waals surface area contributed by atoms with Crippen LogP contribution in [0, 0.1) is 10.1 Å². The van der Waals surface area contributed by atoms with E-state index in [4.69, 9.17) is 23.8 Å². The molecule has 0 aliphatic heterocycles. The maximum atomic E-state index is 10.7. The van der Waals surface area contributed by atoms with Gasteiger partial charge in [0, 0.05) is 28.4 Å². The topological polar surface area (TPSA) is 79.6 Å². The molecule has 0 fully saturated rings. The molecule has 0 radical (unpaired) electrons.